The standard InChI is InChI=1S/C24H25N5O6S/c1-33-19-7-16-18(8-20(19)34-2)27-24(28-22(16)25)29-10-13(11-29)12-36(31,32)21-9-26-17-6-14(23(30)35-3)4-5-15(17)21/h4-9,13,26H,10-12H2,1-3H3,(H2,25,27,28). The number of fused-ring (bicyclic) bond motifs is 2. The molecule has 36 heavy (non-hydrogen) atoms. The lowest BCUT2D eigenvalue weighted by Gasteiger charge is -2.39. The highest BCUT2D eigenvalue weighted by Crippen LogP contribution is 2.35. The van der Waals surface area contributed by atoms with Gasteiger partial charge in [0.15, 0.2) is 21.3 Å². The van der Waals surface area contributed by atoms with Crippen molar-refractivity contribution >= 4 is 49.4 Å². The molecule has 0 unspecified atom stereocenters. The number of esters is 1. The Morgan fingerprint density at radius 1 is 1.08 bits per heavy atom. The van der Waals surface area contributed by atoms with Crippen molar-refractivity contribution in [2.75, 3.05) is 50.8 Å². The first-order valence-electron chi connectivity index (χ1n) is 11.1. The quantitative estimate of drug-likeness (QED) is 0.354. The summed E-state index contributed by atoms with van der Waals surface area (Å²) in [5.74, 6) is 1.18. The fourth-order valence-electron chi connectivity index (χ4n) is 4.45. The van der Waals surface area contributed by atoms with Gasteiger partial charge in [0.05, 0.1) is 43.1 Å². The molecular weight excluding hydrogens is 486 g/mol. The van der Waals surface area contributed by atoms with Crippen molar-refractivity contribution in [3.63, 3.8) is 0 Å². The second-order valence-electron chi connectivity index (χ2n) is 8.59. The number of anilines is 2. The number of carbonyl (C=O) groups is 1. The van der Waals surface area contributed by atoms with E-state index in [1.54, 1.807) is 44.6 Å². The number of carbonyl (C=O) groups excluding carboxylic acids is 1. The predicted octanol–water partition coefficient (Wildman–Crippen LogP) is 2.41. The molecule has 5 rings (SSSR count). The summed E-state index contributed by atoms with van der Waals surface area (Å²) in [6.45, 7) is 0.957. The molecule has 0 aliphatic carbocycles. The second-order valence-corrected chi connectivity index (χ2v) is 10.6. The van der Waals surface area contributed by atoms with Gasteiger partial charge in [-0.15, -0.1) is 0 Å². The number of sulfone groups is 1. The largest absolute Gasteiger partial charge is 0.493 e. The minimum absolute atomic E-state index is 0.0245. The minimum atomic E-state index is -3.58. The molecule has 2 aromatic carbocycles. The zero-order valence-electron chi connectivity index (χ0n) is 19.9. The molecule has 2 aromatic heterocycles. The molecule has 1 fully saturated rings. The molecule has 0 amide bonds. The number of benzene rings is 2. The number of ether oxygens (including phenoxy) is 3. The Kier molecular flexibility index (Phi) is 5.83. The smallest absolute Gasteiger partial charge is 0.337 e. The zero-order valence-corrected chi connectivity index (χ0v) is 20.8. The Hall–Kier alpha value is -4.06. The number of H-pyrrole nitrogens is 1. The Morgan fingerprint density at radius 3 is 2.50 bits per heavy atom. The van der Waals surface area contributed by atoms with Crippen LogP contribution in [0, 0.1) is 5.92 Å². The number of aromatic amines is 1. The highest BCUT2D eigenvalue weighted by Gasteiger charge is 2.34. The van der Waals surface area contributed by atoms with Crippen molar-refractivity contribution in [2.24, 2.45) is 5.92 Å². The summed E-state index contributed by atoms with van der Waals surface area (Å²) in [6.07, 6.45) is 1.46. The summed E-state index contributed by atoms with van der Waals surface area (Å²) in [4.78, 5) is 25.8. The molecule has 0 radical (unpaired) electrons. The van der Waals surface area contributed by atoms with Gasteiger partial charge in [0.1, 0.15) is 5.82 Å². The molecule has 0 saturated carbocycles. The average Bonchev–Trinajstić information content (AvgIpc) is 3.29. The summed E-state index contributed by atoms with van der Waals surface area (Å²) >= 11 is 0. The number of rotatable bonds is 7. The van der Waals surface area contributed by atoms with Gasteiger partial charge in [-0.1, -0.05) is 6.07 Å². The SMILES string of the molecule is COC(=O)c1ccc2c(S(=O)(=O)CC3CN(c4nc(N)c5cc(OC)c(OC)cc5n4)C3)c[nH]c2c1. The lowest BCUT2D eigenvalue weighted by Crippen LogP contribution is -2.50. The highest BCUT2D eigenvalue weighted by molar-refractivity contribution is 7.91. The van der Waals surface area contributed by atoms with Crippen molar-refractivity contribution in [1.29, 1.82) is 0 Å². The lowest BCUT2D eigenvalue weighted by atomic mass is 10.0. The fraction of sp³-hybridized carbons (Fsp3) is 0.292. The minimum Gasteiger partial charge on any atom is -0.493 e. The summed E-state index contributed by atoms with van der Waals surface area (Å²) in [6, 6.07) is 8.22. The Balaban J connectivity index is 1.32. The van der Waals surface area contributed by atoms with Gasteiger partial charge in [0.2, 0.25) is 5.95 Å². The van der Waals surface area contributed by atoms with E-state index >= 15 is 0 Å². The fourth-order valence-corrected chi connectivity index (χ4v) is 6.21. The second kappa shape index (κ2) is 8.86. The first-order chi connectivity index (χ1) is 17.2. The highest BCUT2D eigenvalue weighted by atomic mass is 32.2. The van der Waals surface area contributed by atoms with Gasteiger partial charge >= 0.3 is 5.97 Å². The molecule has 1 aliphatic rings. The monoisotopic (exact) mass is 511 g/mol. The molecule has 0 atom stereocenters. The molecule has 4 aromatic rings. The van der Waals surface area contributed by atoms with Crippen molar-refractivity contribution in [2.45, 2.75) is 4.90 Å². The molecule has 0 bridgehead atoms. The van der Waals surface area contributed by atoms with E-state index in [4.69, 9.17) is 19.9 Å². The normalized spacial score (nSPS) is 14.1. The van der Waals surface area contributed by atoms with E-state index in [9.17, 15) is 13.2 Å². The molecule has 1 saturated heterocycles. The maximum atomic E-state index is 13.2. The van der Waals surface area contributed by atoms with Gasteiger partial charge in [0.25, 0.3) is 0 Å². The summed E-state index contributed by atoms with van der Waals surface area (Å²) in [5.41, 5.74) is 7.68. The molecule has 188 valence electrons. The van der Waals surface area contributed by atoms with E-state index in [1.165, 1.54) is 13.3 Å². The van der Waals surface area contributed by atoms with E-state index in [0.29, 0.717) is 63.7 Å². The van der Waals surface area contributed by atoms with Crippen molar-refractivity contribution in [3.05, 3.63) is 42.1 Å². The van der Waals surface area contributed by atoms with E-state index in [-0.39, 0.29) is 16.6 Å². The molecule has 12 heteroatoms. The predicted molar refractivity (Wildman–Crippen MR) is 134 cm³/mol. The van der Waals surface area contributed by atoms with Gasteiger partial charge < -0.3 is 29.8 Å². The van der Waals surface area contributed by atoms with Crippen molar-refractivity contribution < 1.29 is 27.4 Å². The van der Waals surface area contributed by atoms with Crippen LogP contribution in [-0.4, -0.2) is 69.5 Å². The van der Waals surface area contributed by atoms with Crippen LogP contribution in [0.5, 0.6) is 11.5 Å². The van der Waals surface area contributed by atoms with Crippen LogP contribution < -0.4 is 20.1 Å². The number of hydrogen-bond donors (Lipinski definition) is 2. The van der Waals surface area contributed by atoms with Crippen LogP contribution in [0.4, 0.5) is 11.8 Å². The van der Waals surface area contributed by atoms with E-state index in [1.807, 2.05) is 4.90 Å². The lowest BCUT2D eigenvalue weighted by molar-refractivity contribution is 0.0601. The number of nitrogens with two attached hydrogens (primary N) is 1. The maximum Gasteiger partial charge on any atom is 0.337 e. The molecule has 1 aliphatic heterocycles. The molecular formula is C24H25N5O6S. The van der Waals surface area contributed by atoms with Crippen LogP contribution in [-0.2, 0) is 14.6 Å². The summed E-state index contributed by atoms with van der Waals surface area (Å²) in [7, 11) is 0.802. The number of nitrogens with one attached hydrogen (secondary N) is 1. The number of hydrogen-bond acceptors (Lipinski definition) is 10. The average molecular weight is 512 g/mol. The van der Waals surface area contributed by atoms with E-state index < -0.39 is 15.8 Å². The first-order valence-corrected chi connectivity index (χ1v) is 12.8. The van der Waals surface area contributed by atoms with E-state index in [2.05, 4.69) is 15.0 Å². The Morgan fingerprint density at radius 2 is 1.81 bits per heavy atom. The third-order valence-corrected chi connectivity index (χ3v) is 8.23. The number of nitrogens with zero attached hydrogens (tertiary/aromatic N) is 3. The van der Waals surface area contributed by atoms with Gasteiger partial charge in [-0.05, 0) is 18.2 Å². The van der Waals surface area contributed by atoms with Crippen LogP contribution in [0.25, 0.3) is 21.8 Å². The third kappa shape index (κ3) is 4.02. The van der Waals surface area contributed by atoms with E-state index in [0.717, 1.165) is 0 Å². The van der Waals surface area contributed by atoms with Crippen LogP contribution in [0.2, 0.25) is 0 Å². The van der Waals surface area contributed by atoms with Gasteiger partial charge in [-0.3, -0.25) is 0 Å². The van der Waals surface area contributed by atoms with Crippen molar-refractivity contribution in [1.82, 2.24) is 15.0 Å². The summed E-state index contributed by atoms with van der Waals surface area (Å²) in [5, 5.41) is 1.18. The summed E-state index contributed by atoms with van der Waals surface area (Å²) < 4.78 is 41.8. The molecule has 3 heterocycles. The van der Waals surface area contributed by atoms with Crippen LogP contribution >= 0.6 is 0 Å². The Bertz CT molecular complexity index is 1590. The zero-order chi connectivity index (χ0) is 25.6. The Labute approximate surface area is 207 Å². The number of aromatic nitrogens is 3. The molecule has 0 spiro atoms. The first kappa shape index (κ1) is 23.7. The molecule has 11 nitrogen and oxygen atoms in total. The van der Waals surface area contributed by atoms with Gasteiger partial charge in [0, 0.05) is 47.6 Å². The van der Waals surface area contributed by atoms with Crippen molar-refractivity contribution in [3.8, 4) is 11.5 Å². The third-order valence-electron chi connectivity index (χ3n) is 6.31. The maximum absolute atomic E-state index is 13.2. The molecule has 3 N–H and O–H groups in total. The number of methoxy groups -OCH3 is 3. The topological polar surface area (TPSA) is 150 Å². The van der Waals surface area contributed by atoms with Crippen LogP contribution in [0.1, 0.15) is 10.4 Å². The van der Waals surface area contributed by atoms with Gasteiger partial charge in [-0.2, -0.15) is 4.98 Å². The van der Waals surface area contributed by atoms with Gasteiger partial charge in [-0.25, -0.2) is 18.2 Å². The number of nitrogen functional groups attached to an aromatic ring is 1. The van der Waals surface area contributed by atoms with Crippen LogP contribution in [0.15, 0.2) is 41.4 Å². The van der Waals surface area contributed by atoms with Crippen LogP contribution in [0.3, 0.4) is 0 Å².